The van der Waals surface area contributed by atoms with Crippen LogP contribution in [0.25, 0.3) is 0 Å². The minimum absolute atomic E-state index is 0. The highest BCUT2D eigenvalue weighted by atomic mass is 35.5. The molecule has 0 unspecified atom stereocenters. The molecule has 5 heteroatoms. The zero-order valence-corrected chi connectivity index (χ0v) is 10.6. The van der Waals surface area contributed by atoms with Gasteiger partial charge in [-0.2, -0.15) is 11.3 Å². The lowest BCUT2D eigenvalue weighted by molar-refractivity contribution is 0.600. The number of hydrogen-bond donors (Lipinski definition) is 1. The molecule has 1 aromatic heterocycles. The average Bonchev–Trinajstić information content (AvgIpc) is 2.69. The van der Waals surface area contributed by atoms with Gasteiger partial charge in [0, 0.05) is 10.6 Å². The Kier molecular flexibility index (Phi) is 4.74. The van der Waals surface area contributed by atoms with Crippen LogP contribution in [0.3, 0.4) is 0 Å². The van der Waals surface area contributed by atoms with Crippen molar-refractivity contribution in [2.24, 2.45) is 5.73 Å². The summed E-state index contributed by atoms with van der Waals surface area (Å²) >= 11 is 7.21. The van der Waals surface area contributed by atoms with Crippen LogP contribution in [-0.4, -0.2) is 0 Å². The molecule has 0 amide bonds. The van der Waals surface area contributed by atoms with E-state index in [0.29, 0.717) is 10.6 Å². The number of hydrogen-bond acceptors (Lipinski definition) is 2. The van der Waals surface area contributed by atoms with Crippen LogP contribution in [0, 0.1) is 5.82 Å². The van der Waals surface area contributed by atoms with E-state index in [9.17, 15) is 4.39 Å². The highest BCUT2D eigenvalue weighted by Gasteiger charge is 2.13. The lowest BCUT2D eigenvalue weighted by atomic mass is 10.0. The van der Waals surface area contributed by atoms with Gasteiger partial charge < -0.3 is 5.73 Å². The van der Waals surface area contributed by atoms with Gasteiger partial charge >= 0.3 is 0 Å². The van der Waals surface area contributed by atoms with Crippen molar-refractivity contribution in [2.75, 3.05) is 0 Å². The second kappa shape index (κ2) is 5.64. The Bertz CT molecular complexity index is 459. The van der Waals surface area contributed by atoms with Gasteiger partial charge in [-0.05, 0) is 34.5 Å². The zero-order chi connectivity index (χ0) is 10.8. The Hall–Kier alpha value is -0.610. The predicted octanol–water partition coefficient (Wildman–Crippen LogP) is 4.01. The van der Waals surface area contributed by atoms with Gasteiger partial charge in [-0.3, -0.25) is 0 Å². The summed E-state index contributed by atoms with van der Waals surface area (Å²) in [4.78, 5) is 0. The smallest absolute Gasteiger partial charge is 0.129 e. The topological polar surface area (TPSA) is 26.0 Å². The van der Waals surface area contributed by atoms with Crippen molar-refractivity contribution < 1.29 is 4.39 Å². The van der Waals surface area contributed by atoms with E-state index < -0.39 is 6.04 Å². The molecule has 86 valence electrons. The number of rotatable bonds is 2. The molecule has 0 spiro atoms. The number of nitrogens with two attached hydrogens (primary N) is 1. The van der Waals surface area contributed by atoms with Crippen LogP contribution >= 0.6 is 35.3 Å². The predicted molar refractivity (Wildman–Crippen MR) is 69.0 cm³/mol. The first kappa shape index (κ1) is 13.5. The molecular formula is C11H10Cl2FNS. The van der Waals surface area contributed by atoms with E-state index in [4.69, 9.17) is 17.3 Å². The molecule has 2 rings (SSSR count). The van der Waals surface area contributed by atoms with Gasteiger partial charge in [-0.25, -0.2) is 4.39 Å². The van der Waals surface area contributed by atoms with Crippen LogP contribution in [0.5, 0.6) is 0 Å². The fourth-order valence-corrected chi connectivity index (χ4v) is 2.24. The summed E-state index contributed by atoms with van der Waals surface area (Å²) in [6.45, 7) is 0. The number of benzene rings is 1. The van der Waals surface area contributed by atoms with E-state index in [1.807, 2.05) is 16.8 Å². The van der Waals surface area contributed by atoms with Gasteiger partial charge in [-0.15, -0.1) is 12.4 Å². The molecule has 0 saturated carbocycles. The molecule has 16 heavy (non-hydrogen) atoms. The molecule has 0 aliphatic carbocycles. The molecule has 0 fully saturated rings. The molecule has 1 heterocycles. The highest BCUT2D eigenvalue weighted by Crippen LogP contribution is 2.25. The second-order valence-electron chi connectivity index (χ2n) is 3.20. The molecule has 0 aliphatic heterocycles. The Morgan fingerprint density at radius 3 is 2.62 bits per heavy atom. The highest BCUT2D eigenvalue weighted by molar-refractivity contribution is 7.08. The normalized spacial score (nSPS) is 11.9. The summed E-state index contributed by atoms with van der Waals surface area (Å²) in [5.74, 6) is -0.360. The summed E-state index contributed by atoms with van der Waals surface area (Å²) in [7, 11) is 0. The van der Waals surface area contributed by atoms with Crippen molar-refractivity contribution in [3.8, 4) is 0 Å². The van der Waals surface area contributed by atoms with Crippen LogP contribution in [0.2, 0.25) is 5.02 Å². The fraction of sp³-hybridized carbons (Fsp3) is 0.0909. The van der Waals surface area contributed by atoms with Crippen LogP contribution < -0.4 is 5.73 Å². The number of thiophene rings is 1. The largest absolute Gasteiger partial charge is 0.320 e. The van der Waals surface area contributed by atoms with Crippen LogP contribution in [0.4, 0.5) is 4.39 Å². The first-order valence-electron chi connectivity index (χ1n) is 4.41. The molecule has 1 nitrogen and oxygen atoms in total. The molecular weight excluding hydrogens is 268 g/mol. The van der Waals surface area contributed by atoms with Gasteiger partial charge in [0.15, 0.2) is 0 Å². The summed E-state index contributed by atoms with van der Waals surface area (Å²) in [5, 5.41) is 4.22. The third kappa shape index (κ3) is 2.74. The van der Waals surface area contributed by atoms with Gasteiger partial charge in [0.1, 0.15) is 5.82 Å². The SMILES string of the molecule is Cl.N[C@H](c1ccsc1)c1ccc(Cl)cc1F. The monoisotopic (exact) mass is 277 g/mol. The van der Waals surface area contributed by atoms with Gasteiger partial charge in [0.2, 0.25) is 0 Å². The Balaban J connectivity index is 0.00000128. The van der Waals surface area contributed by atoms with Crippen molar-refractivity contribution in [2.45, 2.75) is 6.04 Å². The molecule has 0 saturated heterocycles. The second-order valence-corrected chi connectivity index (χ2v) is 4.42. The molecule has 2 N–H and O–H groups in total. The molecule has 2 aromatic rings. The molecule has 1 aromatic carbocycles. The molecule has 0 aliphatic rings. The minimum atomic E-state index is -0.423. The van der Waals surface area contributed by atoms with Crippen LogP contribution in [-0.2, 0) is 0 Å². The maximum Gasteiger partial charge on any atom is 0.129 e. The summed E-state index contributed by atoms with van der Waals surface area (Å²) in [6.07, 6.45) is 0. The van der Waals surface area contributed by atoms with E-state index in [0.717, 1.165) is 5.56 Å². The van der Waals surface area contributed by atoms with E-state index in [1.54, 1.807) is 23.5 Å². The lowest BCUT2D eigenvalue weighted by Crippen LogP contribution is -2.12. The maximum absolute atomic E-state index is 13.5. The quantitative estimate of drug-likeness (QED) is 0.882. The van der Waals surface area contributed by atoms with Crippen molar-refractivity contribution >= 4 is 35.3 Å². The summed E-state index contributed by atoms with van der Waals surface area (Å²) < 4.78 is 13.5. The maximum atomic E-state index is 13.5. The summed E-state index contributed by atoms with van der Waals surface area (Å²) in [5.41, 5.74) is 7.32. The third-order valence-electron chi connectivity index (χ3n) is 2.20. The van der Waals surface area contributed by atoms with Crippen molar-refractivity contribution in [3.63, 3.8) is 0 Å². The van der Waals surface area contributed by atoms with E-state index in [2.05, 4.69) is 0 Å². The standard InChI is InChI=1S/C11H9ClFNS.ClH/c12-8-1-2-9(10(13)5-8)11(14)7-3-4-15-6-7;/h1-6,11H,14H2;1H/t11-;/m1./s1. The molecule has 0 radical (unpaired) electrons. The van der Waals surface area contributed by atoms with Crippen molar-refractivity contribution in [3.05, 3.63) is 57.0 Å². The fourth-order valence-electron chi connectivity index (χ4n) is 1.39. The minimum Gasteiger partial charge on any atom is -0.320 e. The first-order valence-corrected chi connectivity index (χ1v) is 5.73. The Morgan fingerprint density at radius 1 is 1.31 bits per heavy atom. The average molecular weight is 278 g/mol. The van der Waals surface area contributed by atoms with Crippen molar-refractivity contribution in [1.82, 2.24) is 0 Å². The molecule has 0 bridgehead atoms. The summed E-state index contributed by atoms with van der Waals surface area (Å²) in [6, 6.07) is 6.02. The van der Waals surface area contributed by atoms with E-state index in [1.165, 1.54) is 6.07 Å². The van der Waals surface area contributed by atoms with Gasteiger partial charge in [-0.1, -0.05) is 17.7 Å². The third-order valence-corrected chi connectivity index (χ3v) is 3.14. The Morgan fingerprint density at radius 2 is 2.06 bits per heavy atom. The number of halogens is 3. The molecule has 1 atom stereocenters. The van der Waals surface area contributed by atoms with E-state index >= 15 is 0 Å². The van der Waals surface area contributed by atoms with Gasteiger partial charge in [0.25, 0.3) is 0 Å². The first-order chi connectivity index (χ1) is 7.18. The van der Waals surface area contributed by atoms with Gasteiger partial charge in [0.05, 0.1) is 6.04 Å². The van der Waals surface area contributed by atoms with Crippen LogP contribution in [0.15, 0.2) is 35.0 Å². The van der Waals surface area contributed by atoms with Crippen molar-refractivity contribution in [1.29, 1.82) is 0 Å². The lowest BCUT2D eigenvalue weighted by Gasteiger charge is -2.11. The Labute approximate surface area is 108 Å². The van der Waals surface area contributed by atoms with E-state index in [-0.39, 0.29) is 18.2 Å². The van der Waals surface area contributed by atoms with Crippen LogP contribution in [0.1, 0.15) is 17.2 Å². The zero-order valence-electron chi connectivity index (χ0n) is 8.19.